The van der Waals surface area contributed by atoms with E-state index in [1.54, 1.807) is 0 Å². The number of nitrogens with zero attached hydrogens (tertiary/aromatic N) is 5. The van der Waals surface area contributed by atoms with E-state index in [1.807, 2.05) is 16.3 Å². The quantitative estimate of drug-likeness (QED) is 0.722. The van der Waals surface area contributed by atoms with Gasteiger partial charge in [0.05, 0.1) is 5.75 Å². The highest BCUT2D eigenvalue weighted by Gasteiger charge is 2.18. The first-order valence-electron chi connectivity index (χ1n) is 9.73. The number of hydrogen-bond acceptors (Lipinski definition) is 5. The van der Waals surface area contributed by atoms with Crippen LogP contribution in [0.4, 0.5) is 0 Å². The summed E-state index contributed by atoms with van der Waals surface area (Å²) in [5.41, 5.74) is 3.41. The normalized spacial score (nSPS) is 15.4. The molecule has 3 rings (SSSR count). The molecule has 1 saturated heterocycles. The Morgan fingerprint density at radius 1 is 1.12 bits per heavy atom. The minimum absolute atomic E-state index is 0.195. The smallest absolute Gasteiger partial charge is 0.253 e. The zero-order valence-corrected chi connectivity index (χ0v) is 16.9. The molecule has 0 atom stereocenters. The van der Waals surface area contributed by atoms with Gasteiger partial charge in [-0.3, -0.25) is 4.79 Å². The molecule has 0 spiro atoms. The van der Waals surface area contributed by atoms with E-state index >= 15 is 0 Å². The Labute approximate surface area is 159 Å². The Morgan fingerprint density at radius 2 is 1.85 bits per heavy atom. The van der Waals surface area contributed by atoms with Crippen LogP contribution in [0.3, 0.4) is 0 Å². The molecule has 1 fully saturated rings. The first kappa shape index (κ1) is 19.1. The molecule has 2 aromatic rings. The van der Waals surface area contributed by atoms with E-state index in [0.717, 1.165) is 56.6 Å². The third kappa shape index (κ3) is 4.37. The minimum Gasteiger partial charge on any atom is -0.342 e. The Morgan fingerprint density at radius 3 is 2.54 bits per heavy atom. The maximum atomic E-state index is 12.5. The molecule has 1 aliphatic rings. The van der Waals surface area contributed by atoms with Crippen LogP contribution in [0.1, 0.15) is 62.4 Å². The van der Waals surface area contributed by atoms with Crippen molar-refractivity contribution >= 4 is 23.4 Å². The molecule has 0 radical (unpaired) electrons. The topological polar surface area (TPSA) is 63.4 Å². The molecule has 0 aliphatic carbocycles. The lowest BCUT2D eigenvalue weighted by molar-refractivity contribution is -0.128. The molecule has 0 aromatic carbocycles. The van der Waals surface area contributed by atoms with Crippen molar-refractivity contribution in [2.24, 2.45) is 0 Å². The lowest BCUT2D eigenvalue weighted by atomic mass is 10.1. The number of rotatable bonds is 6. The second kappa shape index (κ2) is 8.84. The molecule has 0 saturated carbocycles. The SMILES string of the molecule is CCCCc1c(C)nc2nc(SCC(=O)N3CCCCCC3)nn2c1C. The van der Waals surface area contributed by atoms with Crippen LogP contribution < -0.4 is 0 Å². The van der Waals surface area contributed by atoms with Gasteiger partial charge in [0.2, 0.25) is 11.1 Å². The molecule has 0 N–H and O–H groups in total. The van der Waals surface area contributed by atoms with Crippen molar-refractivity contribution in [3.05, 3.63) is 17.0 Å². The van der Waals surface area contributed by atoms with Crippen molar-refractivity contribution < 1.29 is 4.79 Å². The van der Waals surface area contributed by atoms with Crippen molar-refractivity contribution in [1.29, 1.82) is 0 Å². The van der Waals surface area contributed by atoms with Gasteiger partial charge in [-0.05, 0) is 45.1 Å². The third-order valence-corrected chi connectivity index (χ3v) is 5.92. The van der Waals surface area contributed by atoms with Gasteiger partial charge in [-0.1, -0.05) is 37.9 Å². The Balaban J connectivity index is 1.70. The third-order valence-electron chi connectivity index (χ3n) is 5.09. The molecule has 0 unspecified atom stereocenters. The van der Waals surface area contributed by atoms with E-state index in [0.29, 0.717) is 16.7 Å². The molecule has 26 heavy (non-hydrogen) atoms. The van der Waals surface area contributed by atoms with Crippen molar-refractivity contribution in [2.45, 2.75) is 70.9 Å². The van der Waals surface area contributed by atoms with Crippen molar-refractivity contribution in [3.63, 3.8) is 0 Å². The summed E-state index contributed by atoms with van der Waals surface area (Å²) in [5.74, 6) is 1.22. The van der Waals surface area contributed by atoms with Crippen LogP contribution in [0, 0.1) is 13.8 Å². The first-order chi connectivity index (χ1) is 12.6. The number of unbranched alkanes of at least 4 members (excludes halogenated alkanes) is 1. The van der Waals surface area contributed by atoms with Gasteiger partial charge in [0, 0.05) is 24.5 Å². The fourth-order valence-corrected chi connectivity index (χ4v) is 4.22. The lowest BCUT2D eigenvalue weighted by Gasteiger charge is -2.19. The van der Waals surface area contributed by atoms with Crippen LogP contribution in [0.25, 0.3) is 5.78 Å². The number of aryl methyl sites for hydroxylation is 2. The number of hydrogen-bond donors (Lipinski definition) is 0. The summed E-state index contributed by atoms with van der Waals surface area (Å²) < 4.78 is 1.83. The van der Waals surface area contributed by atoms with E-state index in [9.17, 15) is 4.79 Å². The van der Waals surface area contributed by atoms with Gasteiger partial charge in [0.1, 0.15) is 0 Å². The van der Waals surface area contributed by atoms with Gasteiger partial charge < -0.3 is 4.90 Å². The number of amides is 1. The van der Waals surface area contributed by atoms with Crippen LogP contribution in [0.15, 0.2) is 5.16 Å². The number of thioether (sulfide) groups is 1. The van der Waals surface area contributed by atoms with Crippen LogP contribution in [0.2, 0.25) is 0 Å². The largest absolute Gasteiger partial charge is 0.342 e. The number of aromatic nitrogens is 4. The summed E-state index contributed by atoms with van der Waals surface area (Å²) in [5, 5.41) is 5.23. The lowest BCUT2D eigenvalue weighted by Crippen LogP contribution is -2.33. The summed E-state index contributed by atoms with van der Waals surface area (Å²) >= 11 is 1.42. The Bertz CT molecular complexity index is 765. The second-order valence-corrected chi connectivity index (χ2v) is 8.00. The zero-order valence-electron chi connectivity index (χ0n) is 16.1. The standard InChI is InChI=1S/C19H29N5OS/c1-4-5-10-16-14(2)20-18-21-19(22-24(18)15(16)3)26-13-17(25)23-11-8-6-7-9-12-23/h4-13H2,1-3H3. The van der Waals surface area contributed by atoms with E-state index in [4.69, 9.17) is 0 Å². The highest BCUT2D eigenvalue weighted by molar-refractivity contribution is 7.99. The molecule has 7 heteroatoms. The number of carbonyl (C=O) groups is 1. The predicted octanol–water partition coefficient (Wildman–Crippen LogP) is 3.58. The molecule has 1 amide bonds. The summed E-state index contributed by atoms with van der Waals surface area (Å²) in [7, 11) is 0. The van der Waals surface area contributed by atoms with Crippen LogP contribution >= 0.6 is 11.8 Å². The Hall–Kier alpha value is -1.63. The van der Waals surface area contributed by atoms with Crippen LogP contribution in [0.5, 0.6) is 0 Å². The van der Waals surface area contributed by atoms with E-state index in [2.05, 4.69) is 28.9 Å². The molecular formula is C19H29N5OS. The molecular weight excluding hydrogens is 346 g/mol. The fraction of sp³-hybridized carbons (Fsp3) is 0.684. The number of fused-ring (bicyclic) bond motifs is 1. The molecule has 0 bridgehead atoms. The van der Waals surface area contributed by atoms with E-state index in [-0.39, 0.29) is 5.91 Å². The van der Waals surface area contributed by atoms with Gasteiger partial charge in [-0.25, -0.2) is 9.50 Å². The summed E-state index contributed by atoms with van der Waals surface area (Å²) in [6.07, 6.45) is 8.03. The number of likely N-dealkylation sites (tertiary alicyclic amines) is 1. The van der Waals surface area contributed by atoms with Gasteiger partial charge in [0.15, 0.2) is 0 Å². The summed E-state index contributed by atoms with van der Waals surface area (Å²) in [6.45, 7) is 8.10. The number of carbonyl (C=O) groups excluding carboxylic acids is 1. The van der Waals surface area contributed by atoms with Gasteiger partial charge in [0.25, 0.3) is 5.78 Å². The average Bonchev–Trinajstić information content (AvgIpc) is 2.84. The molecule has 3 heterocycles. The molecule has 6 nitrogen and oxygen atoms in total. The molecule has 142 valence electrons. The highest BCUT2D eigenvalue weighted by Crippen LogP contribution is 2.20. The van der Waals surface area contributed by atoms with Gasteiger partial charge >= 0.3 is 0 Å². The maximum Gasteiger partial charge on any atom is 0.253 e. The second-order valence-electron chi connectivity index (χ2n) is 7.05. The van der Waals surface area contributed by atoms with Crippen molar-refractivity contribution in [1.82, 2.24) is 24.5 Å². The monoisotopic (exact) mass is 375 g/mol. The van der Waals surface area contributed by atoms with Gasteiger partial charge in [-0.15, -0.1) is 5.10 Å². The van der Waals surface area contributed by atoms with E-state index in [1.165, 1.54) is 30.2 Å². The first-order valence-corrected chi connectivity index (χ1v) is 10.7. The highest BCUT2D eigenvalue weighted by atomic mass is 32.2. The Kier molecular flexibility index (Phi) is 6.51. The molecule has 1 aliphatic heterocycles. The summed E-state index contributed by atoms with van der Waals surface area (Å²) in [6, 6.07) is 0. The zero-order chi connectivity index (χ0) is 18.5. The predicted molar refractivity (Wildman–Crippen MR) is 105 cm³/mol. The van der Waals surface area contributed by atoms with Crippen molar-refractivity contribution in [2.75, 3.05) is 18.8 Å². The fourth-order valence-electron chi connectivity index (χ4n) is 3.50. The minimum atomic E-state index is 0.195. The summed E-state index contributed by atoms with van der Waals surface area (Å²) in [4.78, 5) is 23.6. The van der Waals surface area contributed by atoms with Crippen LogP contribution in [-0.4, -0.2) is 49.2 Å². The van der Waals surface area contributed by atoms with E-state index < -0.39 is 0 Å². The maximum absolute atomic E-state index is 12.5. The average molecular weight is 376 g/mol. The molecule has 2 aromatic heterocycles. The van der Waals surface area contributed by atoms with Crippen LogP contribution in [-0.2, 0) is 11.2 Å². The van der Waals surface area contributed by atoms with Crippen molar-refractivity contribution in [3.8, 4) is 0 Å². The van der Waals surface area contributed by atoms with Gasteiger partial charge in [-0.2, -0.15) is 4.98 Å².